The van der Waals surface area contributed by atoms with Crippen molar-refractivity contribution in [2.45, 2.75) is 26.7 Å². The van der Waals surface area contributed by atoms with Crippen molar-refractivity contribution in [1.29, 1.82) is 0 Å². The van der Waals surface area contributed by atoms with Crippen molar-refractivity contribution in [2.24, 2.45) is 0 Å². The molecular formula is C19H21Cl2N3O2. The van der Waals surface area contributed by atoms with Crippen LogP contribution >= 0.6 is 23.2 Å². The summed E-state index contributed by atoms with van der Waals surface area (Å²) in [6, 6.07) is 10.4. The van der Waals surface area contributed by atoms with E-state index < -0.39 is 0 Å². The quantitative estimate of drug-likeness (QED) is 0.613. The van der Waals surface area contributed by atoms with Crippen LogP contribution < -0.4 is 16.0 Å². The number of anilines is 3. The van der Waals surface area contributed by atoms with Gasteiger partial charge in [0, 0.05) is 22.8 Å². The minimum absolute atomic E-state index is 0.0258. The van der Waals surface area contributed by atoms with Crippen LogP contribution in [0.2, 0.25) is 10.0 Å². The van der Waals surface area contributed by atoms with Crippen LogP contribution in [-0.2, 0) is 9.59 Å². The zero-order valence-electron chi connectivity index (χ0n) is 14.7. The number of nitrogens with one attached hydrogen (secondary N) is 3. The lowest BCUT2D eigenvalue weighted by Crippen LogP contribution is -2.22. The predicted molar refractivity (Wildman–Crippen MR) is 108 cm³/mol. The average molecular weight is 394 g/mol. The molecule has 0 aliphatic rings. The van der Waals surface area contributed by atoms with Crippen LogP contribution in [0, 0.1) is 6.92 Å². The third-order valence-electron chi connectivity index (χ3n) is 3.64. The van der Waals surface area contributed by atoms with Gasteiger partial charge in [-0.15, -0.1) is 0 Å². The Morgan fingerprint density at radius 1 is 0.962 bits per heavy atom. The monoisotopic (exact) mass is 393 g/mol. The van der Waals surface area contributed by atoms with E-state index in [1.807, 2.05) is 19.9 Å². The lowest BCUT2D eigenvalue weighted by Gasteiger charge is -2.12. The Balaban J connectivity index is 1.98. The molecule has 2 aromatic carbocycles. The Kier molecular flexibility index (Phi) is 7.30. The molecular weight excluding hydrogens is 373 g/mol. The van der Waals surface area contributed by atoms with Gasteiger partial charge >= 0.3 is 0 Å². The first-order valence-corrected chi connectivity index (χ1v) is 9.04. The number of aryl methyl sites for hydroxylation is 1. The Bertz CT molecular complexity index is 809. The summed E-state index contributed by atoms with van der Waals surface area (Å²) in [5.74, 6) is -0.290. The summed E-state index contributed by atoms with van der Waals surface area (Å²) in [7, 11) is 0. The van der Waals surface area contributed by atoms with E-state index >= 15 is 0 Å². The van der Waals surface area contributed by atoms with Gasteiger partial charge in [0.05, 0.1) is 17.3 Å². The first kappa shape index (κ1) is 20.1. The van der Waals surface area contributed by atoms with Crippen LogP contribution in [0.3, 0.4) is 0 Å². The van der Waals surface area contributed by atoms with Gasteiger partial charge in [0.15, 0.2) is 0 Å². The third-order valence-corrected chi connectivity index (χ3v) is 4.20. The summed E-state index contributed by atoms with van der Waals surface area (Å²) in [4.78, 5) is 23.9. The summed E-state index contributed by atoms with van der Waals surface area (Å²) >= 11 is 12.1. The molecule has 0 atom stereocenters. The van der Waals surface area contributed by atoms with Crippen molar-refractivity contribution < 1.29 is 9.59 Å². The lowest BCUT2D eigenvalue weighted by molar-refractivity contribution is -0.116. The maximum Gasteiger partial charge on any atom is 0.243 e. The van der Waals surface area contributed by atoms with E-state index in [0.29, 0.717) is 33.5 Å². The van der Waals surface area contributed by atoms with E-state index in [-0.39, 0.29) is 18.4 Å². The number of amides is 2. The molecule has 0 saturated heterocycles. The van der Waals surface area contributed by atoms with Gasteiger partial charge in [-0.2, -0.15) is 0 Å². The van der Waals surface area contributed by atoms with Crippen LogP contribution in [0.5, 0.6) is 0 Å². The molecule has 5 nitrogen and oxygen atoms in total. The molecule has 3 N–H and O–H groups in total. The Labute approximate surface area is 163 Å². The molecule has 0 aliphatic heterocycles. The smallest absolute Gasteiger partial charge is 0.243 e. The van der Waals surface area contributed by atoms with E-state index in [1.54, 1.807) is 30.3 Å². The molecule has 0 spiro atoms. The molecule has 0 fully saturated rings. The normalized spacial score (nSPS) is 10.3. The fourth-order valence-electron chi connectivity index (χ4n) is 2.29. The van der Waals surface area contributed by atoms with E-state index in [2.05, 4.69) is 16.0 Å². The number of carbonyl (C=O) groups is 2. The molecule has 138 valence electrons. The van der Waals surface area contributed by atoms with Crippen molar-refractivity contribution in [2.75, 3.05) is 22.5 Å². The van der Waals surface area contributed by atoms with Crippen molar-refractivity contribution in [1.82, 2.24) is 0 Å². The van der Waals surface area contributed by atoms with Gasteiger partial charge in [0.1, 0.15) is 0 Å². The maximum atomic E-state index is 12.2. The summed E-state index contributed by atoms with van der Waals surface area (Å²) in [5.41, 5.74) is 2.78. The molecule has 2 rings (SSSR count). The Hall–Kier alpha value is -2.24. The van der Waals surface area contributed by atoms with E-state index in [4.69, 9.17) is 23.2 Å². The van der Waals surface area contributed by atoms with E-state index in [9.17, 15) is 9.59 Å². The number of carbonyl (C=O) groups excluding carboxylic acids is 2. The maximum absolute atomic E-state index is 12.2. The van der Waals surface area contributed by atoms with E-state index in [1.165, 1.54) is 0 Å². The highest BCUT2D eigenvalue weighted by Gasteiger charge is 2.09. The van der Waals surface area contributed by atoms with Gasteiger partial charge in [-0.3, -0.25) is 9.59 Å². The number of benzene rings is 2. The highest BCUT2D eigenvalue weighted by atomic mass is 35.5. The van der Waals surface area contributed by atoms with Crippen LogP contribution in [0.25, 0.3) is 0 Å². The fourth-order valence-corrected chi connectivity index (χ4v) is 2.64. The number of hydrogen-bond acceptors (Lipinski definition) is 3. The molecule has 0 unspecified atom stereocenters. The molecule has 2 amide bonds. The van der Waals surface area contributed by atoms with Gasteiger partial charge in [0.2, 0.25) is 11.8 Å². The number of hydrogen-bond donors (Lipinski definition) is 3. The standard InChI is InChI=1S/C19H21Cl2N3O2/c1-3-4-18(25)23-14-7-8-15(21)17(10-14)22-11-19(26)24-16-9-13(20)6-5-12(16)2/h5-10,22H,3-4,11H2,1-2H3,(H,23,25)(H,24,26). The highest BCUT2D eigenvalue weighted by Crippen LogP contribution is 2.26. The van der Waals surface area contributed by atoms with Gasteiger partial charge in [-0.1, -0.05) is 36.2 Å². The second kappa shape index (κ2) is 9.46. The topological polar surface area (TPSA) is 70.2 Å². The van der Waals surface area contributed by atoms with E-state index in [0.717, 1.165) is 12.0 Å². The van der Waals surface area contributed by atoms with Crippen molar-refractivity contribution in [3.8, 4) is 0 Å². The van der Waals surface area contributed by atoms with Crippen molar-refractivity contribution in [3.63, 3.8) is 0 Å². The zero-order chi connectivity index (χ0) is 19.1. The first-order chi connectivity index (χ1) is 12.4. The molecule has 26 heavy (non-hydrogen) atoms. The van der Waals surface area contributed by atoms with Gasteiger partial charge in [-0.05, 0) is 49.2 Å². The molecule has 0 aromatic heterocycles. The lowest BCUT2D eigenvalue weighted by atomic mass is 10.2. The molecule has 2 aromatic rings. The zero-order valence-corrected chi connectivity index (χ0v) is 16.2. The van der Waals surface area contributed by atoms with Gasteiger partial charge in [0.25, 0.3) is 0 Å². The average Bonchev–Trinajstić information content (AvgIpc) is 2.59. The first-order valence-electron chi connectivity index (χ1n) is 8.28. The van der Waals surface area contributed by atoms with Crippen LogP contribution in [-0.4, -0.2) is 18.4 Å². The van der Waals surface area contributed by atoms with Gasteiger partial charge < -0.3 is 16.0 Å². The van der Waals surface area contributed by atoms with Crippen LogP contribution in [0.4, 0.5) is 17.1 Å². The molecule has 0 saturated carbocycles. The SMILES string of the molecule is CCCC(=O)Nc1ccc(Cl)c(NCC(=O)Nc2cc(Cl)ccc2C)c1. The largest absolute Gasteiger partial charge is 0.375 e. The second-order valence-corrected chi connectivity index (χ2v) is 6.70. The second-order valence-electron chi connectivity index (χ2n) is 5.85. The molecule has 7 heteroatoms. The summed E-state index contributed by atoms with van der Waals surface area (Å²) in [6.45, 7) is 3.85. The summed E-state index contributed by atoms with van der Waals surface area (Å²) < 4.78 is 0. The molecule has 0 radical (unpaired) electrons. The number of halogens is 2. The predicted octanol–water partition coefficient (Wildman–Crippen LogP) is 5.09. The van der Waals surface area contributed by atoms with Crippen LogP contribution in [0.15, 0.2) is 36.4 Å². The Morgan fingerprint density at radius 2 is 1.73 bits per heavy atom. The molecule has 0 heterocycles. The fraction of sp³-hybridized carbons (Fsp3) is 0.263. The Morgan fingerprint density at radius 3 is 2.46 bits per heavy atom. The minimum atomic E-state index is -0.230. The summed E-state index contributed by atoms with van der Waals surface area (Å²) in [6.07, 6.45) is 1.22. The third kappa shape index (κ3) is 5.93. The minimum Gasteiger partial charge on any atom is -0.375 e. The van der Waals surface area contributed by atoms with Crippen LogP contribution in [0.1, 0.15) is 25.3 Å². The number of rotatable bonds is 7. The van der Waals surface area contributed by atoms with Gasteiger partial charge in [-0.25, -0.2) is 0 Å². The molecule has 0 bridgehead atoms. The van der Waals surface area contributed by atoms with Crippen molar-refractivity contribution >= 4 is 52.1 Å². The molecule has 0 aliphatic carbocycles. The van der Waals surface area contributed by atoms with Crippen molar-refractivity contribution in [3.05, 3.63) is 52.0 Å². The summed E-state index contributed by atoms with van der Waals surface area (Å²) in [5, 5.41) is 9.61. The highest BCUT2D eigenvalue weighted by molar-refractivity contribution is 6.33.